The van der Waals surface area contributed by atoms with Gasteiger partial charge in [-0.3, -0.25) is 14.2 Å². The van der Waals surface area contributed by atoms with Crippen molar-refractivity contribution in [1.29, 1.82) is 0 Å². The predicted octanol–water partition coefficient (Wildman–Crippen LogP) is 3.58. The Morgan fingerprint density at radius 3 is 2.38 bits per heavy atom. The zero-order valence-corrected chi connectivity index (χ0v) is 17.3. The van der Waals surface area contributed by atoms with E-state index in [0.717, 1.165) is 5.69 Å². The van der Waals surface area contributed by atoms with Gasteiger partial charge in [0.15, 0.2) is 18.2 Å². The van der Waals surface area contributed by atoms with Crippen LogP contribution < -0.4 is 0 Å². The number of H-pyrrole nitrogens is 1. The lowest BCUT2D eigenvalue weighted by molar-refractivity contribution is 0.0468. The Labute approximate surface area is 167 Å². The summed E-state index contributed by atoms with van der Waals surface area (Å²) in [5.74, 6) is 0.110. The summed E-state index contributed by atoms with van der Waals surface area (Å²) in [6.07, 6.45) is 0. The van der Waals surface area contributed by atoms with Crippen LogP contribution in [0.4, 0.5) is 0 Å². The number of ether oxygens (including phenoxy) is 1. The summed E-state index contributed by atoms with van der Waals surface area (Å²) in [5, 5.41) is 3.99. The molecule has 3 heterocycles. The van der Waals surface area contributed by atoms with Gasteiger partial charge in [0.05, 0.1) is 0 Å². The van der Waals surface area contributed by atoms with Crippen LogP contribution in [0.1, 0.15) is 66.5 Å². The monoisotopic (exact) mass is 397 g/mol. The number of carbonyl (C=O) groups is 3. The molecule has 0 aliphatic heterocycles. The first-order valence-corrected chi connectivity index (χ1v) is 9.14. The van der Waals surface area contributed by atoms with E-state index in [1.807, 2.05) is 11.5 Å². The Bertz CT molecular complexity index is 1130. The molecule has 0 unspecified atom stereocenters. The van der Waals surface area contributed by atoms with Crippen molar-refractivity contribution in [3.63, 3.8) is 0 Å². The quantitative estimate of drug-likeness (QED) is 0.503. The first-order chi connectivity index (χ1) is 13.6. The highest BCUT2D eigenvalue weighted by Gasteiger charge is 2.23. The van der Waals surface area contributed by atoms with E-state index in [1.54, 1.807) is 39.8 Å². The summed E-state index contributed by atoms with van der Waals surface area (Å²) in [7, 11) is 0. The fourth-order valence-electron chi connectivity index (χ4n) is 3.62. The maximum atomic E-state index is 12.7. The fraction of sp³-hybridized carbons (Fsp3) is 0.333. The Kier molecular flexibility index (Phi) is 5.28. The molecule has 0 aromatic carbocycles. The lowest BCUT2D eigenvalue weighted by Crippen LogP contribution is -2.16. The average Bonchev–Trinajstić information content (AvgIpc) is 3.28. The average molecular weight is 397 g/mol. The SMILES string of the molecule is CC(=O)c1c(C)[nH]c(C(=O)OCC(=O)c2cc(C)n(-c3cc(C)on3)c2C)c1C. The van der Waals surface area contributed by atoms with Gasteiger partial charge < -0.3 is 14.2 Å². The highest BCUT2D eigenvalue weighted by atomic mass is 16.5. The first-order valence-electron chi connectivity index (χ1n) is 9.14. The van der Waals surface area contributed by atoms with Crippen molar-refractivity contribution >= 4 is 17.5 Å². The highest BCUT2D eigenvalue weighted by Crippen LogP contribution is 2.22. The van der Waals surface area contributed by atoms with Crippen molar-refractivity contribution in [2.75, 3.05) is 6.61 Å². The minimum Gasteiger partial charge on any atom is -0.453 e. The molecule has 8 heteroatoms. The van der Waals surface area contributed by atoms with Crippen molar-refractivity contribution < 1.29 is 23.6 Å². The zero-order chi connectivity index (χ0) is 21.5. The van der Waals surface area contributed by atoms with Crippen molar-refractivity contribution in [2.24, 2.45) is 0 Å². The van der Waals surface area contributed by atoms with Gasteiger partial charge in [0.1, 0.15) is 11.5 Å². The standard InChI is InChI=1S/C21H23N3O5/c1-10-7-16(14(5)24(10)18-8-11(2)29-23-18)17(26)9-28-21(27)20-12(3)19(15(6)25)13(4)22-20/h7-8,22H,9H2,1-6H3. The van der Waals surface area contributed by atoms with Gasteiger partial charge in [-0.2, -0.15) is 0 Å². The van der Waals surface area contributed by atoms with Gasteiger partial charge in [0.25, 0.3) is 0 Å². The molecule has 0 fully saturated rings. The third kappa shape index (κ3) is 3.65. The lowest BCUT2D eigenvalue weighted by Gasteiger charge is -2.06. The molecule has 152 valence electrons. The van der Waals surface area contributed by atoms with Crippen LogP contribution in [-0.2, 0) is 4.74 Å². The van der Waals surface area contributed by atoms with Gasteiger partial charge in [-0.05, 0) is 53.2 Å². The number of esters is 1. The van der Waals surface area contributed by atoms with Crippen LogP contribution in [-0.4, -0.2) is 38.9 Å². The summed E-state index contributed by atoms with van der Waals surface area (Å²) in [4.78, 5) is 39.7. The topological polar surface area (TPSA) is 107 Å². The molecule has 0 radical (unpaired) electrons. The molecule has 0 aliphatic carbocycles. The molecule has 8 nitrogen and oxygen atoms in total. The number of aryl methyl sites for hydroxylation is 3. The molecule has 3 rings (SSSR count). The summed E-state index contributed by atoms with van der Waals surface area (Å²) < 4.78 is 12.1. The third-order valence-corrected chi connectivity index (χ3v) is 4.90. The van der Waals surface area contributed by atoms with Gasteiger partial charge in [-0.15, -0.1) is 0 Å². The number of rotatable bonds is 6. The summed E-state index contributed by atoms with van der Waals surface area (Å²) >= 11 is 0. The smallest absolute Gasteiger partial charge is 0.355 e. The van der Waals surface area contributed by atoms with Gasteiger partial charge >= 0.3 is 5.97 Å². The Balaban J connectivity index is 1.78. The van der Waals surface area contributed by atoms with E-state index in [1.165, 1.54) is 6.92 Å². The molecule has 3 aromatic heterocycles. The van der Waals surface area contributed by atoms with Crippen LogP contribution in [0.5, 0.6) is 0 Å². The Morgan fingerprint density at radius 2 is 1.83 bits per heavy atom. The largest absolute Gasteiger partial charge is 0.453 e. The highest BCUT2D eigenvalue weighted by molar-refractivity contribution is 6.03. The summed E-state index contributed by atoms with van der Waals surface area (Å²) in [6, 6.07) is 3.50. The Hall–Kier alpha value is -3.42. The second-order valence-corrected chi connectivity index (χ2v) is 7.10. The van der Waals surface area contributed by atoms with Crippen molar-refractivity contribution in [3.8, 4) is 5.82 Å². The molecule has 3 aromatic rings. The van der Waals surface area contributed by atoms with Gasteiger partial charge in [-0.25, -0.2) is 4.79 Å². The van der Waals surface area contributed by atoms with E-state index < -0.39 is 12.6 Å². The molecular weight excluding hydrogens is 374 g/mol. The van der Waals surface area contributed by atoms with E-state index in [2.05, 4.69) is 10.1 Å². The van der Waals surface area contributed by atoms with Crippen LogP contribution >= 0.6 is 0 Å². The summed E-state index contributed by atoms with van der Waals surface area (Å²) in [5.41, 5.74) is 3.71. The molecule has 0 saturated heterocycles. The number of nitrogens with zero attached hydrogens (tertiary/aromatic N) is 2. The van der Waals surface area contributed by atoms with Crippen LogP contribution in [0.2, 0.25) is 0 Å². The number of ketones is 2. The number of aromatic amines is 1. The van der Waals surface area contributed by atoms with E-state index >= 15 is 0 Å². The molecule has 29 heavy (non-hydrogen) atoms. The number of hydrogen-bond acceptors (Lipinski definition) is 6. The number of carbonyl (C=O) groups excluding carboxylic acids is 3. The van der Waals surface area contributed by atoms with Crippen molar-refractivity contribution in [1.82, 2.24) is 14.7 Å². The Morgan fingerprint density at radius 1 is 1.14 bits per heavy atom. The number of aromatic nitrogens is 3. The minimum absolute atomic E-state index is 0.137. The third-order valence-electron chi connectivity index (χ3n) is 4.90. The van der Waals surface area contributed by atoms with E-state index in [0.29, 0.717) is 39.7 Å². The second kappa shape index (κ2) is 7.54. The molecule has 0 aliphatic rings. The molecule has 0 bridgehead atoms. The molecule has 0 saturated carbocycles. The molecule has 0 amide bonds. The van der Waals surface area contributed by atoms with Crippen LogP contribution in [0.25, 0.3) is 5.82 Å². The maximum Gasteiger partial charge on any atom is 0.355 e. The maximum absolute atomic E-state index is 12.7. The minimum atomic E-state index is -0.674. The van der Waals surface area contributed by atoms with Crippen molar-refractivity contribution in [3.05, 3.63) is 57.4 Å². The number of Topliss-reactive ketones (excluding diaryl/α,β-unsaturated/α-hetero) is 2. The number of hydrogen-bond donors (Lipinski definition) is 1. The first kappa shape index (κ1) is 20.3. The van der Waals surface area contributed by atoms with Crippen LogP contribution in [0.15, 0.2) is 16.7 Å². The molecule has 0 atom stereocenters. The predicted molar refractivity (Wildman–Crippen MR) is 105 cm³/mol. The van der Waals surface area contributed by atoms with Crippen molar-refractivity contribution in [2.45, 2.75) is 41.5 Å². The van der Waals surface area contributed by atoms with Crippen LogP contribution in [0.3, 0.4) is 0 Å². The van der Waals surface area contributed by atoms with Gasteiger partial charge in [0, 0.05) is 34.3 Å². The van der Waals surface area contributed by atoms with E-state index in [4.69, 9.17) is 9.26 Å². The second-order valence-electron chi connectivity index (χ2n) is 7.10. The van der Waals surface area contributed by atoms with E-state index in [-0.39, 0.29) is 17.3 Å². The zero-order valence-electron chi connectivity index (χ0n) is 17.3. The molecule has 1 N–H and O–H groups in total. The fourth-order valence-corrected chi connectivity index (χ4v) is 3.62. The molecular formula is C21H23N3O5. The van der Waals surface area contributed by atoms with E-state index in [9.17, 15) is 14.4 Å². The van der Waals surface area contributed by atoms with Gasteiger partial charge in [0.2, 0.25) is 5.78 Å². The summed E-state index contributed by atoms with van der Waals surface area (Å²) in [6.45, 7) is 9.86. The lowest BCUT2D eigenvalue weighted by atomic mass is 10.1. The van der Waals surface area contributed by atoms with Gasteiger partial charge in [-0.1, -0.05) is 5.16 Å². The normalized spacial score (nSPS) is 11.0. The number of nitrogens with one attached hydrogen (secondary N) is 1. The molecule has 0 spiro atoms. The van der Waals surface area contributed by atoms with Crippen LogP contribution in [0, 0.1) is 34.6 Å².